The zero-order valence-corrected chi connectivity index (χ0v) is 14.8. The second-order valence-electron chi connectivity index (χ2n) is 6.89. The number of amides is 1. The van der Waals surface area contributed by atoms with Gasteiger partial charge in [0.2, 0.25) is 0 Å². The summed E-state index contributed by atoms with van der Waals surface area (Å²) in [6, 6.07) is 15.0. The molecule has 4 heteroatoms. The molecular weight excluding hydrogens is 315 g/mol. The third kappa shape index (κ3) is 4.67. The van der Waals surface area contributed by atoms with Crippen LogP contribution in [0.4, 0.5) is 4.39 Å². The largest absolute Gasteiger partial charge is 0.348 e. The van der Waals surface area contributed by atoms with E-state index in [1.807, 2.05) is 18.3 Å². The topological polar surface area (TPSA) is 45.7 Å². The van der Waals surface area contributed by atoms with Crippen molar-refractivity contribution in [2.75, 3.05) is 0 Å². The third-order valence-electron chi connectivity index (χ3n) is 4.77. The summed E-state index contributed by atoms with van der Waals surface area (Å²) < 4.78 is 13.7. The highest BCUT2D eigenvalue weighted by Gasteiger charge is 2.29. The summed E-state index contributed by atoms with van der Waals surface area (Å²) in [5.74, 6) is -0.203. The minimum atomic E-state index is -0.254. The first-order chi connectivity index (χ1) is 12.1. The molecule has 0 spiro atoms. The molecule has 0 bridgehead atoms. The highest BCUT2D eigenvalue weighted by atomic mass is 19.1. The SMILES string of the molecule is CCc1ccc([C@H]([NH2+][C@H](C)C(=O)NC2CC2)c2cccc(F)c2)cc1. The van der Waals surface area contributed by atoms with Crippen molar-refractivity contribution in [2.24, 2.45) is 0 Å². The highest BCUT2D eigenvalue weighted by molar-refractivity contribution is 5.80. The summed E-state index contributed by atoms with van der Waals surface area (Å²) >= 11 is 0. The van der Waals surface area contributed by atoms with Gasteiger partial charge >= 0.3 is 0 Å². The fourth-order valence-electron chi connectivity index (χ4n) is 3.01. The predicted molar refractivity (Wildman–Crippen MR) is 96.6 cm³/mol. The van der Waals surface area contributed by atoms with Crippen molar-refractivity contribution >= 4 is 5.91 Å². The van der Waals surface area contributed by atoms with Crippen LogP contribution in [0.5, 0.6) is 0 Å². The van der Waals surface area contributed by atoms with Gasteiger partial charge in [-0.05, 0) is 43.9 Å². The number of aryl methyl sites for hydroxylation is 1. The first-order valence-corrected chi connectivity index (χ1v) is 9.06. The van der Waals surface area contributed by atoms with Crippen molar-refractivity contribution in [3.8, 4) is 0 Å². The summed E-state index contributed by atoms with van der Waals surface area (Å²) in [7, 11) is 0. The molecule has 3 N–H and O–H groups in total. The second kappa shape index (κ2) is 7.79. The molecule has 1 amide bonds. The molecule has 3 rings (SSSR count). The fraction of sp³-hybridized carbons (Fsp3) is 0.381. The molecular formula is C21H26FN2O+. The number of hydrogen-bond donors (Lipinski definition) is 2. The zero-order valence-electron chi connectivity index (χ0n) is 14.8. The van der Waals surface area contributed by atoms with Gasteiger partial charge in [-0.15, -0.1) is 0 Å². The van der Waals surface area contributed by atoms with E-state index in [-0.39, 0.29) is 23.8 Å². The summed E-state index contributed by atoms with van der Waals surface area (Å²) in [4.78, 5) is 12.3. The maximum absolute atomic E-state index is 13.7. The number of nitrogens with one attached hydrogen (secondary N) is 1. The molecule has 3 nitrogen and oxygen atoms in total. The third-order valence-corrected chi connectivity index (χ3v) is 4.77. The van der Waals surface area contributed by atoms with Gasteiger partial charge in [-0.2, -0.15) is 0 Å². The van der Waals surface area contributed by atoms with E-state index in [1.165, 1.54) is 11.6 Å². The van der Waals surface area contributed by atoms with Crippen LogP contribution in [0, 0.1) is 5.82 Å². The smallest absolute Gasteiger partial charge is 0.278 e. The number of carbonyl (C=O) groups is 1. The molecule has 1 saturated carbocycles. The van der Waals surface area contributed by atoms with Gasteiger partial charge in [0.05, 0.1) is 0 Å². The second-order valence-corrected chi connectivity index (χ2v) is 6.89. The van der Waals surface area contributed by atoms with Crippen LogP contribution in [0.2, 0.25) is 0 Å². The fourth-order valence-corrected chi connectivity index (χ4v) is 3.01. The minimum Gasteiger partial charge on any atom is -0.348 e. The van der Waals surface area contributed by atoms with E-state index in [0.29, 0.717) is 6.04 Å². The Bertz CT molecular complexity index is 725. The van der Waals surface area contributed by atoms with Gasteiger partial charge in [-0.25, -0.2) is 4.39 Å². The van der Waals surface area contributed by atoms with Crippen LogP contribution < -0.4 is 10.6 Å². The van der Waals surface area contributed by atoms with E-state index in [9.17, 15) is 9.18 Å². The first kappa shape index (κ1) is 17.6. The van der Waals surface area contributed by atoms with Crippen molar-refractivity contribution in [1.29, 1.82) is 0 Å². The minimum absolute atomic E-state index is 0.0501. The Morgan fingerprint density at radius 1 is 1.20 bits per heavy atom. The average Bonchev–Trinajstić information content (AvgIpc) is 3.43. The summed E-state index contributed by atoms with van der Waals surface area (Å²) in [5.41, 5.74) is 3.21. The zero-order chi connectivity index (χ0) is 17.8. The van der Waals surface area contributed by atoms with Crippen molar-refractivity contribution in [3.05, 3.63) is 71.0 Å². The van der Waals surface area contributed by atoms with Crippen LogP contribution in [0.3, 0.4) is 0 Å². The molecule has 2 atom stereocenters. The van der Waals surface area contributed by atoms with Crippen LogP contribution in [0.15, 0.2) is 48.5 Å². The number of benzene rings is 2. The predicted octanol–water partition coefficient (Wildman–Crippen LogP) is 2.71. The monoisotopic (exact) mass is 341 g/mol. The number of rotatable bonds is 7. The van der Waals surface area contributed by atoms with Gasteiger partial charge in [0.25, 0.3) is 5.91 Å². The lowest BCUT2D eigenvalue weighted by molar-refractivity contribution is -0.704. The molecule has 1 aliphatic carbocycles. The Morgan fingerprint density at radius 2 is 1.92 bits per heavy atom. The van der Waals surface area contributed by atoms with Crippen molar-refractivity contribution in [3.63, 3.8) is 0 Å². The maximum atomic E-state index is 13.7. The molecule has 0 radical (unpaired) electrons. The van der Waals surface area contributed by atoms with Gasteiger partial charge < -0.3 is 10.6 Å². The van der Waals surface area contributed by atoms with Gasteiger partial charge in [-0.1, -0.05) is 43.3 Å². The Balaban J connectivity index is 1.83. The molecule has 0 saturated heterocycles. The molecule has 132 valence electrons. The number of carbonyl (C=O) groups excluding carboxylic acids is 1. The van der Waals surface area contributed by atoms with Crippen LogP contribution >= 0.6 is 0 Å². The number of nitrogens with two attached hydrogens (primary N) is 1. The van der Waals surface area contributed by atoms with E-state index in [4.69, 9.17) is 0 Å². The molecule has 0 heterocycles. The summed E-state index contributed by atoms with van der Waals surface area (Å²) in [5, 5.41) is 5.07. The van der Waals surface area contributed by atoms with Gasteiger partial charge in [-0.3, -0.25) is 4.79 Å². The Hall–Kier alpha value is -2.20. The molecule has 0 aliphatic heterocycles. The van der Waals surface area contributed by atoms with Gasteiger partial charge in [0.1, 0.15) is 11.9 Å². The van der Waals surface area contributed by atoms with Crippen molar-refractivity contribution < 1.29 is 14.5 Å². The van der Waals surface area contributed by atoms with E-state index in [1.54, 1.807) is 12.1 Å². The molecule has 0 unspecified atom stereocenters. The van der Waals surface area contributed by atoms with E-state index < -0.39 is 0 Å². The molecule has 0 aromatic heterocycles. The average molecular weight is 341 g/mol. The maximum Gasteiger partial charge on any atom is 0.278 e. The lowest BCUT2D eigenvalue weighted by Gasteiger charge is -2.21. The van der Waals surface area contributed by atoms with Crippen LogP contribution in [0.25, 0.3) is 0 Å². The van der Waals surface area contributed by atoms with Crippen LogP contribution in [-0.2, 0) is 11.2 Å². The highest BCUT2D eigenvalue weighted by Crippen LogP contribution is 2.21. The molecule has 25 heavy (non-hydrogen) atoms. The number of hydrogen-bond acceptors (Lipinski definition) is 1. The quantitative estimate of drug-likeness (QED) is 0.799. The van der Waals surface area contributed by atoms with Crippen LogP contribution in [0.1, 0.15) is 49.4 Å². The summed E-state index contributed by atoms with van der Waals surface area (Å²) in [6.45, 7) is 4.03. The molecule has 2 aromatic rings. The van der Waals surface area contributed by atoms with E-state index in [2.05, 4.69) is 36.5 Å². The van der Waals surface area contributed by atoms with Crippen molar-refractivity contribution in [2.45, 2.75) is 51.2 Å². The Kier molecular flexibility index (Phi) is 5.49. The molecule has 2 aromatic carbocycles. The number of quaternary nitrogens is 1. The molecule has 1 fully saturated rings. The van der Waals surface area contributed by atoms with Gasteiger partial charge in [0, 0.05) is 17.2 Å². The first-order valence-electron chi connectivity index (χ1n) is 9.06. The van der Waals surface area contributed by atoms with E-state index in [0.717, 1.165) is 30.4 Å². The normalized spacial score (nSPS) is 16.3. The standard InChI is InChI=1S/C21H25FN2O/c1-3-15-7-9-16(10-8-15)20(17-5-4-6-18(22)13-17)23-14(2)21(25)24-19-11-12-19/h4-10,13-14,19-20,23H,3,11-12H2,1-2H3,(H,24,25)/p+1/t14-,20+/m1/s1. The van der Waals surface area contributed by atoms with Gasteiger partial charge in [0.15, 0.2) is 6.04 Å². The summed E-state index contributed by atoms with van der Waals surface area (Å²) in [6.07, 6.45) is 3.13. The lowest BCUT2D eigenvalue weighted by atomic mass is 9.96. The lowest BCUT2D eigenvalue weighted by Crippen LogP contribution is -2.92. The van der Waals surface area contributed by atoms with E-state index >= 15 is 0 Å². The Labute approximate surface area is 148 Å². The number of halogens is 1. The molecule has 1 aliphatic rings. The van der Waals surface area contributed by atoms with Crippen LogP contribution in [-0.4, -0.2) is 18.0 Å². The van der Waals surface area contributed by atoms with Crippen molar-refractivity contribution in [1.82, 2.24) is 5.32 Å². The Morgan fingerprint density at radius 3 is 2.52 bits per heavy atom.